The summed E-state index contributed by atoms with van der Waals surface area (Å²) in [7, 11) is 1.59. The number of benzene rings is 2. The fourth-order valence-electron chi connectivity index (χ4n) is 2.63. The van der Waals surface area contributed by atoms with Crippen molar-refractivity contribution in [1.82, 2.24) is 5.32 Å². The summed E-state index contributed by atoms with van der Waals surface area (Å²) in [4.78, 5) is 25.6. The molecule has 0 spiro atoms. The number of methoxy groups -OCH3 is 1. The van der Waals surface area contributed by atoms with Crippen LogP contribution < -0.4 is 15.4 Å². The minimum atomic E-state index is -0.357. The van der Waals surface area contributed by atoms with E-state index in [4.69, 9.17) is 16.3 Å². The summed E-state index contributed by atoms with van der Waals surface area (Å²) >= 11 is 7.70. The van der Waals surface area contributed by atoms with Gasteiger partial charge >= 0.3 is 0 Å². The molecule has 0 atom stereocenters. The fraction of sp³-hybridized carbons (Fsp3) is 0.200. The molecule has 0 aliphatic rings. The Bertz CT molecular complexity index is 1010. The van der Waals surface area contributed by atoms with Gasteiger partial charge in [-0.05, 0) is 44.2 Å². The van der Waals surface area contributed by atoms with Crippen molar-refractivity contribution >= 4 is 50.5 Å². The second-order valence-electron chi connectivity index (χ2n) is 6.24. The number of amides is 2. The third-order valence-electron chi connectivity index (χ3n) is 3.88. The Hall–Kier alpha value is -2.57. The second-order valence-corrected chi connectivity index (χ2v) is 7.67. The quantitative estimate of drug-likeness (QED) is 0.634. The van der Waals surface area contributed by atoms with Crippen molar-refractivity contribution in [1.29, 1.82) is 0 Å². The van der Waals surface area contributed by atoms with Crippen LogP contribution in [0.1, 0.15) is 33.9 Å². The summed E-state index contributed by atoms with van der Waals surface area (Å²) < 4.78 is 6.08. The molecule has 3 rings (SSSR count). The zero-order chi connectivity index (χ0) is 19.6. The van der Waals surface area contributed by atoms with Crippen LogP contribution in [-0.2, 0) is 0 Å². The minimum absolute atomic E-state index is 0.00622. The summed E-state index contributed by atoms with van der Waals surface area (Å²) in [6, 6.07) is 12.3. The predicted octanol–water partition coefficient (Wildman–Crippen LogP) is 4.95. The molecule has 1 aromatic heterocycles. The lowest BCUT2D eigenvalue weighted by atomic mass is 10.1. The molecule has 2 amide bonds. The maximum atomic E-state index is 12.8. The van der Waals surface area contributed by atoms with Gasteiger partial charge in [0.05, 0.1) is 23.4 Å². The van der Waals surface area contributed by atoms with Crippen LogP contribution in [0.25, 0.3) is 10.1 Å². The molecule has 0 fully saturated rings. The number of rotatable bonds is 5. The molecule has 0 aliphatic heterocycles. The van der Waals surface area contributed by atoms with Crippen LogP contribution in [-0.4, -0.2) is 25.0 Å². The van der Waals surface area contributed by atoms with Crippen molar-refractivity contribution in [2.45, 2.75) is 19.9 Å². The monoisotopic (exact) mass is 402 g/mol. The third kappa shape index (κ3) is 4.07. The first-order valence-corrected chi connectivity index (χ1v) is 9.57. The van der Waals surface area contributed by atoms with E-state index in [-0.39, 0.29) is 17.9 Å². The van der Waals surface area contributed by atoms with E-state index in [1.165, 1.54) is 11.3 Å². The Morgan fingerprint density at radius 3 is 2.56 bits per heavy atom. The first kappa shape index (κ1) is 19.2. The number of hydrogen-bond acceptors (Lipinski definition) is 4. The molecule has 0 saturated carbocycles. The first-order valence-electron chi connectivity index (χ1n) is 8.38. The summed E-state index contributed by atoms with van der Waals surface area (Å²) in [5.74, 6) is 0.0983. The minimum Gasteiger partial charge on any atom is -0.497 e. The highest BCUT2D eigenvalue weighted by Gasteiger charge is 2.20. The molecular formula is C20H19ClN2O3S. The van der Waals surface area contributed by atoms with Gasteiger partial charge in [-0.2, -0.15) is 0 Å². The number of para-hydroxylation sites is 1. The summed E-state index contributed by atoms with van der Waals surface area (Å²) in [5, 5.41) is 6.82. The molecule has 140 valence electrons. The van der Waals surface area contributed by atoms with E-state index in [2.05, 4.69) is 10.6 Å². The van der Waals surface area contributed by atoms with Crippen LogP contribution >= 0.6 is 22.9 Å². The van der Waals surface area contributed by atoms with Crippen molar-refractivity contribution in [3.63, 3.8) is 0 Å². The van der Waals surface area contributed by atoms with Crippen LogP contribution in [0.4, 0.5) is 5.69 Å². The van der Waals surface area contributed by atoms with Gasteiger partial charge < -0.3 is 15.4 Å². The normalized spacial score (nSPS) is 10.9. The standard InChI is InChI=1S/C20H19ClN2O3S/c1-11(2)22-19(24)13-6-4-5-7-15(13)23-20(25)18-17(21)14-9-8-12(26-3)10-16(14)27-18/h4-11H,1-3H3,(H,22,24)(H,23,25). The molecule has 0 saturated heterocycles. The maximum absolute atomic E-state index is 12.8. The van der Waals surface area contributed by atoms with Gasteiger partial charge in [0, 0.05) is 16.1 Å². The molecule has 1 heterocycles. The Kier molecular flexibility index (Phi) is 5.68. The van der Waals surface area contributed by atoms with Gasteiger partial charge in [0.25, 0.3) is 11.8 Å². The lowest BCUT2D eigenvalue weighted by Gasteiger charge is -2.12. The van der Waals surface area contributed by atoms with Gasteiger partial charge in [0.1, 0.15) is 10.6 Å². The predicted molar refractivity (Wildman–Crippen MR) is 110 cm³/mol. The summed E-state index contributed by atoms with van der Waals surface area (Å²) in [6.45, 7) is 3.76. The van der Waals surface area contributed by atoms with Crippen molar-refractivity contribution in [3.8, 4) is 5.75 Å². The number of nitrogens with one attached hydrogen (secondary N) is 2. The van der Waals surface area contributed by atoms with Crippen molar-refractivity contribution in [2.75, 3.05) is 12.4 Å². The number of carbonyl (C=O) groups is 2. The molecular weight excluding hydrogens is 384 g/mol. The average molecular weight is 403 g/mol. The van der Waals surface area contributed by atoms with Crippen LogP contribution in [0.5, 0.6) is 5.75 Å². The van der Waals surface area contributed by atoms with Gasteiger partial charge in [0.15, 0.2) is 0 Å². The molecule has 2 N–H and O–H groups in total. The second kappa shape index (κ2) is 7.98. The van der Waals surface area contributed by atoms with E-state index < -0.39 is 0 Å². The van der Waals surface area contributed by atoms with Crippen molar-refractivity contribution in [2.24, 2.45) is 0 Å². The number of hydrogen-bond donors (Lipinski definition) is 2. The zero-order valence-corrected chi connectivity index (χ0v) is 16.7. The lowest BCUT2D eigenvalue weighted by Crippen LogP contribution is -2.31. The molecule has 3 aromatic rings. The highest BCUT2D eigenvalue weighted by atomic mass is 35.5. The molecule has 2 aromatic carbocycles. The smallest absolute Gasteiger partial charge is 0.267 e. The maximum Gasteiger partial charge on any atom is 0.267 e. The molecule has 0 radical (unpaired) electrons. The Morgan fingerprint density at radius 1 is 1.11 bits per heavy atom. The van der Waals surface area contributed by atoms with Crippen molar-refractivity contribution < 1.29 is 14.3 Å². The first-order chi connectivity index (χ1) is 12.9. The van der Waals surface area contributed by atoms with Crippen molar-refractivity contribution in [3.05, 3.63) is 57.9 Å². The Morgan fingerprint density at radius 2 is 1.85 bits per heavy atom. The largest absolute Gasteiger partial charge is 0.497 e. The summed E-state index contributed by atoms with van der Waals surface area (Å²) in [6.07, 6.45) is 0. The summed E-state index contributed by atoms with van der Waals surface area (Å²) in [5.41, 5.74) is 0.838. The molecule has 0 aliphatic carbocycles. The van der Waals surface area contributed by atoms with Crippen LogP contribution in [0.2, 0.25) is 5.02 Å². The highest BCUT2D eigenvalue weighted by Crippen LogP contribution is 2.37. The molecule has 7 heteroatoms. The van der Waals surface area contributed by atoms with E-state index >= 15 is 0 Å². The third-order valence-corrected chi connectivity index (χ3v) is 5.54. The Labute approximate surface area is 166 Å². The van der Waals surface area contributed by atoms with Gasteiger partial charge in [-0.15, -0.1) is 11.3 Å². The molecule has 27 heavy (non-hydrogen) atoms. The van der Waals surface area contributed by atoms with E-state index in [9.17, 15) is 9.59 Å². The lowest BCUT2D eigenvalue weighted by molar-refractivity contribution is 0.0944. The molecule has 5 nitrogen and oxygen atoms in total. The van der Waals surface area contributed by atoms with Crippen LogP contribution in [0.3, 0.4) is 0 Å². The zero-order valence-electron chi connectivity index (χ0n) is 15.1. The SMILES string of the molecule is COc1ccc2c(Cl)c(C(=O)Nc3ccccc3C(=O)NC(C)C)sc2c1. The number of halogens is 1. The fourth-order valence-corrected chi connectivity index (χ4v) is 4.07. The van der Waals surface area contributed by atoms with Gasteiger partial charge in [-0.1, -0.05) is 23.7 Å². The van der Waals surface area contributed by atoms with E-state index in [1.54, 1.807) is 37.4 Å². The number of ether oxygens (including phenoxy) is 1. The molecule has 0 unspecified atom stereocenters. The van der Waals surface area contributed by atoms with E-state index in [1.807, 2.05) is 26.0 Å². The van der Waals surface area contributed by atoms with E-state index in [0.717, 1.165) is 10.1 Å². The number of thiophene rings is 1. The number of anilines is 1. The van der Waals surface area contributed by atoms with Gasteiger partial charge in [-0.3, -0.25) is 9.59 Å². The average Bonchev–Trinajstić information content (AvgIpc) is 2.97. The van der Waals surface area contributed by atoms with Crippen LogP contribution in [0.15, 0.2) is 42.5 Å². The van der Waals surface area contributed by atoms with Gasteiger partial charge in [0.2, 0.25) is 0 Å². The molecule has 0 bridgehead atoms. The number of carbonyl (C=O) groups excluding carboxylic acids is 2. The van der Waals surface area contributed by atoms with Gasteiger partial charge in [-0.25, -0.2) is 0 Å². The van der Waals surface area contributed by atoms with E-state index in [0.29, 0.717) is 26.9 Å². The van der Waals surface area contributed by atoms with Crippen LogP contribution in [0, 0.1) is 0 Å². The number of fused-ring (bicyclic) bond motifs is 1. The highest BCUT2D eigenvalue weighted by molar-refractivity contribution is 7.21. The topological polar surface area (TPSA) is 67.4 Å². The Balaban J connectivity index is 1.91.